The second kappa shape index (κ2) is 8.79. The van der Waals surface area contributed by atoms with E-state index in [1.165, 1.54) is 12.5 Å². The van der Waals surface area contributed by atoms with Gasteiger partial charge < -0.3 is 0 Å². The predicted octanol–water partition coefficient (Wildman–Crippen LogP) is 5.20. The second-order valence-corrected chi connectivity index (χ2v) is 7.48. The van der Waals surface area contributed by atoms with Gasteiger partial charge in [0.15, 0.2) is 11.6 Å². The van der Waals surface area contributed by atoms with E-state index < -0.39 is 17.5 Å². The Balaban J connectivity index is 1.41. The summed E-state index contributed by atoms with van der Waals surface area (Å²) in [7, 11) is 0. The van der Waals surface area contributed by atoms with Gasteiger partial charge in [-0.25, -0.2) is 13.2 Å². The fraction of sp³-hybridized carbons (Fsp3) is 0.250. The van der Waals surface area contributed by atoms with Crippen LogP contribution in [0.3, 0.4) is 0 Å². The van der Waals surface area contributed by atoms with E-state index in [9.17, 15) is 13.2 Å². The van der Waals surface area contributed by atoms with Gasteiger partial charge in [-0.15, -0.1) is 0 Å². The highest BCUT2D eigenvalue weighted by atomic mass is 19.2. The van der Waals surface area contributed by atoms with Gasteiger partial charge >= 0.3 is 0 Å². The van der Waals surface area contributed by atoms with Crippen molar-refractivity contribution in [3.05, 3.63) is 89.1 Å². The van der Waals surface area contributed by atoms with Gasteiger partial charge in [-0.1, -0.05) is 24.3 Å². The number of benzene rings is 2. The molecule has 0 bridgehead atoms. The molecule has 154 valence electrons. The predicted molar refractivity (Wildman–Crippen MR) is 111 cm³/mol. The van der Waals surface area contributed by atoms with E-state index >= 15 is 0 Å². The van der Waals surface area contributed by atoms with Crippen LogP contribution < -0.4 is 0 Å². The molecule has 0 amide bonds. The third-order valence-electron chi connectivity index (χ3n) is 5.52. The van der Waals surface area contributed by atoms with Crippen molar-refractivity contribution in [1.82, 2.24) is 14.9 Å². The number of halogens is 3. The van der Waals surface area contributed by atoms with E-state index in [0.717, 1.165) is 42.4 Å². The summed E-state index contributed by atoms with van der Waals surface area (Å²) in [5.74, 6) is -2.79. The summed E-state index contributed by atoms with van der Waals surface area (Å²) in [5, 5.41) is 0. The molecule has 1 aliphatic rings. The molecular formula is C24H22F3N3. The summed E-state index contributed by atoms with van der Waals surface area (Å²) in [4.78, 5) is 10.7. The molecule has 0 fully saturated rings. The summed E-state index contributed by atoms with van der Waals surface area (Å²) >= 11 is 0. The van der Waals surface area contributed by atoms with E-state index in [1.54, 1.807) is 18.6 Å². The largest absolute Gasteiger partial charge is 0.299 e. The van der Waals surface area contributed by atoms with Gasteiger partial charge in [0.2, 0.25) is 0 Å². The molecule has 1 aromatic heterocycles. The maximum atomic E-state index is 14.4. The smallest absolute Gasteiger partial charge is 0.164 e. The van der Waals surface area contributed by atoms with Gasteiger partial charge in [0.05, 0.1) is 11.9 Å². The summed E-state index contributed by atoms with van der Waals surface area (Å²) in [6, 6.07) is 9.21. The van der Waals surface area contributed by atoms with Crippen LogP contribution in [0, 0.1) is 24.4 Å². The molecule has 0 spiro atoms. The topological polar surface area (TPSA) is 29.0 Å². The molecular weight excluding hydrogens is 387 g/mol. The third-order valence-corrected chi connectivity index (χ3v) is 5.52. The lowest BCUT2D eigenvalue weighted by atomic mass is 9.96. The number of hydrogen-bond donors (Lipinski definition) is 0. The van der Waals surface area contributed by atoms with Gasteiger partial charge in [0.1, 0.15) is 5.82 Å². The minimum absolute atomic E-state index is 0.169. The molecule has 3 aromatic rings. The Bertz CT molecular complexity index is 1080. The highest BCUT2D eigenvalue weighted by Crippen LogP contribution is 2.29. The molecule has 0 unspecified atom stereocenters. The Labute approximate surface area is 173 Å². The van der Waals surface area contributed by atoms with Crippen LogP contribution in [0.2, 0.25) is 0 Å². The van der Waals surface area contributed by atoms with E-state index in [2.05, 4.69) is 27.0 Å². The monoisotopic (exact) mass is 409 g/mol. The number of rotatable bonds is 5. The van der Waals surface area contributed by atoms with Crippen LogP contribution in [-0.4, -0.2) is 34.5 Å². The minimum atomic E-state index is -1.11. The molecule has 2 heterocycles. The van der Waals surface area contributed by atoms with Crippen LogP contribution in [0.1, 0.15) is 23.1 Å². The van der Waals surface area contributed by atoms with Gasteiger partial charge in [0.25, 0.3) is 0 Å². The highest BCUT2D eigenvalue weighted by molar-refractivity contribution is 5.68. The Kier molecular flexibility index (Phi) is 5.95. The van der Waals surface area contributed by atoms with Crippen LogP contribution in [0.25, 0.3) is 16.8 Å². The standard InChI is InChI=1S/C24H22F3N3/c1-16-23(26)20(14-21(25)24(16)27)18-6-11-30(12-7-18)10-5-17-3-2-4-19(13-17)22-15-28-8-9-29-22/h2-4,6,8-9,13-15H,5,7,10-12H2,1H3. The Morgan fingerprint density at radius 1 is 1.07 bits per heavy atom. The molecule has 0 aliphatic carbocycles. The van der Waals surface area contributed by atoms with Crippen LogP contribution >= 0.6 is 0 Å². The second-order valence-electron chi connectivity index (χ2n) is 7.48. The molecule has 1 aliphatic heterocycles. The normalized spacial score (nSPS) is 14.6. The lowest BCUT2D eigenvalue weighted by molar-refractivity contribution is 0.305. The van der Waals surface area contributed by atoms with E-state index in [0.29, 0.717) is 13.0 Å². The van der Waals surface area contributed by atoms with Crippen molar-refractivity contribution in [2.24, 2.45) is 0 Å². The van der Waals surface area contributed by atoms with Crippen molar-refractivity contribution in [3.63, 3.8) is 0 Å². The molecule has 6 heteroatoms. The molecule has 0 saturated carbocycles. The van der Waals surface area contributed by atoms with E-state index in [-0.39, 0.29) is 11.1 Å². The van der Waals surface area contributed by atoms with Gasteiger partial charge in [-0.2, -0.15) is 0 Å². The number of hydrogen-bond acceptors (Lipinski definition) is 3. The zero-order valence-corrected chi connectivity index (χ0v) is 16.7. The quantitative estimate of drug-likeness (QED) is 0.543. The molecule has 4 rings (SSSR count). The minimum Gasteiger partial charge on any atom is -0.299 e. The molecule has 3 nitrogen and oxygen atoms in total. The first-order chi connectivity index (χ1) is 14.5. The zero-order valence-electron chi connectivity index (χ0n) is 16.7. The SMILES string of the molecule is Cc1c(F)c(F)cc(C2=CCN(CCc3cccc(-c4cnccn4)c3)CC2)c1F. The molecule has 0 N–H and O–H groups in total. The third kappa shape index (κ3) is 4.28. The van der Waals surface area contributed by atoms with Crippen molar-refractivity contribution in [3.8, 4) is 11.3 Å². The maximum absolute atomic E-state index is 14.4. The van der Waals surface area contributed by atoms with Gasteiger partial charge in [-0.3, -0.25) is 14.9 Å². The van der Waals surface area contributed by atoms with Crippen molar-refractivity contribution in [2.75, 3.05) is 19.6 Å². The number of nitrogens with zero attached hydrogens (tertiary/aromatic N) is 3. The fourth-order valence-electron chi connectivity index (χ4n) is 3.75. The number of aromatic nitrogens is 2. The van der Waals surface area contributed by atoms with Crippen LogP contribution in [-0.2, 0) is 6.42 Å². The van der Waals surface area contributed by atoms with Crippen molar-refractivity contribution >= 4 is 5.57 Å². The Morgan fingerprint density at radius 3 is 2.67 bits per heavy atom. The lowest BCUT2D eigenvalue weighted by Gasteiger charge is -2.27. The van der Waals surface area contributed by atoms with Crippen molar-refractivity contribution < 1.29 is 13.2 Å². The van der Waals surface area contributed by atoms with Crippen LogP contribution in [0.5, 0.6) is 0 Å². The first-order valence-corrected chi connectivity index (χ1v) is 9.94. The summed E-state index contributed by atoms with van der Waals surface area (Å²) in [6.07, 6.45) is 8.46. The average Bonchev–Trinajstić information content (AvgIpc) is 2.80. The Morgan fingerprint density at radius 2 is 1.93 bits per heavy atom. The van der Waals surface area contributed by atoms with Crippen LogP contribution in [0.15, 0.2) is 55.0 Å². The molecule has 0 atom stereocenters. The van der Waals surface area contributed by atoms with E-state index in [4.69, 9.17) is 0 Å². The molecule has 0 saturated heterocycles. The molecule has 30 heavy (non-hydrogen) atoms. The van der Waals surface area contributed by atoms with Crippen molar-refractivity contribution in [1.29, 1.82) is 0 Å². The van der Waals surface area contributed by atoms with E-state index in [1.807, 2.05) is 18.2 Å². The molecule has 2 aromatic carbocycles. The van der Waals surface area contributed by atoms with Gasteiger partial charge in [-0.05, 0) is 43.0 Å². The first kappa shape index (κ1) is 20.3. The lowest BCUT2D eigenvalue weighted by Crippen LogP contribution is -2.30. The fourth-order valence-corrected chi connectivity index (χ4v) is 3.75. The van der Waals surface area contributed by atoms with Gasteiger partial charge in [0, 0.05) is 48.7 Å². The first-order valence-electron chi connectivity index (χ1n) is 9.94. The Hall–Kier alpha value is -2.99. The zero-order chi connectivity index (χ0) is 21.1. The average molecular weight is 409 g/mol. The van der Waals surface area contributed by atoms with Crippen LogP contribution in [0.4, 0.5) is 13.2 Å². The summed E-state index contributed by atoms with van der Waals surface area (Å²) in [5.41, 5.74) is 3.71. The maximum Gasteiger partial charge on any atom is 0.164 e. The molecule has 0 radical (unpaired) electrons. The summed E-state index contributed by atoms with van der Waals surface area (Å²) < 4.78 is 41.7. The summed E-state index contributed by atoms with van der Waals surface area (Å²) in [6.45, 7) is 3.51. The highest BCUT2D eigenvalue weighted by Gasteiger charge is 2.20. The van der Waals surface area contributed by atoms with Crippen molar-refractivity contribution in [2.45, 2.75) is 19.8 Å².